The number of anilines is 1. The van der Waals surface area contributed by atoms with Gasteiger partial charge in [0, 0.05) is 12.1 Å². The predicted molar refractivity (Wildman–Crippen MR) is 136 cm³/mol. The zero-order chi connectivity index (χ0) is 24.6. The Hall–Kier alpha value is -3.34. The van der Waals surface area contributed by atoms with E-state index in [1.54, 1.807) is 12.1 Å². The molecule has 0 saturated heterocycles. The molecular weight excluding hydrogens is 412 g/mol. The maximum Gasteiger partial charge on any atom is 0.250 e. The van der Waals surface area contributed by atoms with Crippen LogP contribution < -0.4 is 15.8 Å². The van der Waals surface area contributed by atoms with Gasteiger partial charge in [0.1, 0.15) is 5.75 Å². The Labute approximate surface area is 197 Å². The molecule has 0 radical (unpaired) electrons. The van der Waals surface area contributed by atoms with Crippen molar-refractivity contribution in [3.8, 4) is 5.75 Å². The molecule has 1 aromatic rings. The van der Waals surface area contributed by atoms with Crippen LogP contribution in [0.4, 0.5) is 5.69 Å². The van der Waals surface area contributed by atoms with Crippen LogP contribution in [0.1, 0.15) is 64.2 Å². The maximum absolute atomic E-state index is 12.4. The molecule has 5 nitrogen and oxygen atoms in total. The first-order valence-electron chi connectivity index (χ1n) is 11.2. The Kier molecular flexibility index (Phi) is 9.03. The standard InChI is InChI=1S/C28H36N2O3/c1-19(12-15-24-21(3)11-8-16-28(24,4)5)9-7-10-20(2)17-26(31)30-25-18-22(33-6)13-14-23(25)27(29)32/h7,9-10,12-15,17-18H,8,11,16H2,1-6H3,(H2,29,32)(H,30,31). The summed E-state index contributed by atoms with van der Waals surface area (Å²) >= 11 is 0. The van der Waals surface area contributed by atoms with Crippen molar-refractivity contribution >= 4 is 17.5 Å². The van der Waals surface area contributed by atoms with Crippen molar-refractivity contribution in [2.24, 2.45) is 11.1 Å². The summed E-state index contributed by atoms with van der Waals surface area (Å²) in [7, 11) is 1.51. The minimum absolute atomic E-state index is 0.221. The van der Waals surface area contributed by atoms with Crippen molar-refractivity contribution in [3.05, 3.63) is 82.5 Å². The number of carbonyl (C=O) groups is 2. The van der Waals surface area contributed by atoms with E-state index in [2.05, 4.69) is 45.2 Å². The lowest BCUT2D eigenvalue weighted by molar-refractivity contribution is -0.111. The predicted octanol–water partition coefficient (Wildman–Crippen LogP) is 6.26. The Morgan fingerprint density at radius 2 is 1.88 bits per heavy atom. The Bertz CT molecular complexity index is 1050. The molecule has 0 atom stereocenters. The molecule has 2 rings (SSSR count). The first-order chi connectivity index (χ1) is 15.5. The van der Waals surface area contributed by atoms with Gasteiger partial charge in [-0.25, -0.2) is 0 Å². The molecule has 0 aromatic heterocycles. The summed E-state index contributed by atoms with van der Waals surface area (Å²) in [5, 5.41) is 2.70. The van der Waals surface area contributed by atoms with Gasteiger partial charge in [0.05, 0.1) is 18.4 Å². The van der Waals surface area contributed by atoms with Gasteiger partial charge in [0.25, 0.3) is 5.91 Å². The number of carbonyl (C=O) groups excluding carboxylic acids is 2. The Morgan fingerprint density at radius 1 is 1.15 bits per heavy atom. The van der Waals surface area contributed by atoms with E-state index in [0.717, 1.165) is 11.1 Å². The molecule has 0 bridgehead atoms. The molecule has 1 aromatic carbocycles. The van der Waals surface area contributed by atoms with Crippen LogP contribution in [0.5, 0.6) is 5.75 Å². The highest BCUT2D eigenvalue weighted by Gasteiger charge is 2.26. The van der Waals surface area contributed by atoms with Crippen LogP contribution in [-0.4, -0.2) is 18.9 Å². The van der Waals surface area contributed by atoms with Gasteiger partial charge in [0.2, 0.25) is 5.91 Å². The van der Waals surface area contributed by atoms with Crippen LogP contribution in [-0.2, 0) is 4.79 Å². The number of rotatable bonds is 8. The van der Waals surface area contributed by atoms with Crippen molar-refractivity contribution in [3.63, 3.8) is 0 Å². The summed E-state index contributed by atoms with van der Waals surface area (Å²) in [6.45, 7) is 10.8. The second kappa shape index (κ2) is 11.5. The van der Waals surface area contributed by atoms with Crippen LogP contribution in [0.25, 0.3) is 0 Å². The van der Waals surface area contributed by atoms with E-state index in [9.17, 15) is 9.59 Å². The van der Waals surface area contributed by atoms with E-state index in [1.165, 1.54) is 49.7 Å². The van der Waals surface area contributed by atoms with Gasteiger partial charge in [0.15, 0.2) is 0 Å². The van der Waals surface area contributed by atoms with E-state index in [0.29, 0.717) is 11.4 Å². The largest absolute Gasteiger partial charge is 0.497 e. The van der Waals surface area contributed by atoms with E-state index in [-0.39, 0.29) is 16.9 Å². The van der Waals surface area contributed by atoms with Crippen molar-refractivity contribution < 1.29 is 14.3 Å². The molecule has 0 unspecified atom stereocenters. The van der Waals surface area contributed by atoms with Crippen LogP contribution in [0.2, 0.25) is 0 Å². The second-order valence-electron chi connectivity index (χ2n) is 9.19. The molecule has 2 amide bonds. The van der Waals surface area contributed by atoms with E-state index in [4.69, 9.17) is 10.5 Å². The summed E-state index contributed by atoms with van der Waals surface area (Å²) in [4.78, 5) is 24.0. The molecule has 0 saturated carbocycles. The second-order valence-corrected chi connectivity index (χ2v) is 9.19. The molecule has 0 fully saturated rings. The van der Waals surface area contributed by atoms with E-state index >= 15 is 0 Å². The third-order valence-corrected chi connectivity index (χ3v) is 5.88. The van der Waals surface area contributed by atoms with Crippen LogP contribution in [0, 0.1) is 5.41 Å². The first kappa shape index (κ1) is 25.9. The van der Waals surface area contributed by atoms with Gasteiger partial charge in [-0.2, -0.15) is 0 Å². The Balaban J connectivity index is 2.06. The zero-order valence-electron chi connectivity index (χ0n) is 20.6. The molecule has 0 heterocycles. The van der Waals surface area contributed by atoms with Crippen molar-refractivity contribution in [1.29, 1.82) is 0 Å². The number of hydrogen-bond acceptors (Lipinski definition) is 3. The van der Waals surface area contributed by atoms with Crippen molar-refractivity contribution in [2.45, 2.75) is 53.9 Å². The minimum Gasteiger partial charge on any atom is -0.497 e. The third-order valence-electron chi connectivity index (χ3n) is 5.88. The summed E-state index contributed by atoms with van der Waals surface area (Å²) in [5.74, 6) is -0.452. The van der Waals surface area contributed by atoms with Crippen LogP contribution in [0.3, 0.4) is 0 Å². The number of amides is 2. The number of nitrogens with two attached hydrogens (primary N) is 1. The SMILES string of the molecule is COc1ccc(C(N)=O)c(NC(=O)C=C(C)C=CC=C(C)C=CC2=C(C)CCCC2(C)C)c1. The number of hydrogen-bond donors (Lipinski definition) is 2. The average molecular weight is 449 g/mol. The number of ether oxygens (including phenoxy) is 1. The van der Waals surface area contributed by atoms with Gasteiger partial charge in [-0.1, -0.05) is 55.4 Å². The molecule has 5 heteroatoms. The van der Waals surface area contributed by atoms with Gasteiger partial charge in [-0.15, -0.1) is 0 Å². The van der Waals surface area contributed by atoms with E-state index in [1.807, 2.05) is 25.2 Å². The molecule has 33 heavy (non-hydrogen) atoms. The number of benzene rings is 1. The quantitative estimate of drug-likeness (QED) is 0.363. The monoisotopic (exact) mass is 448 g/mol. The summed E-state index contributed by atoms with van der Waals surface area (Å²) in [5.41, 5.74) is 11.0. The molecule has 1 aliphatic carbocycles. The smallest absolute Gasteiger partial charge is 0.250 e. The van der Waals surface area contributed by atoms with Gasteiger partial charge in [-0.05, 0) is 68.7 Å². The fraction of sp³-hybridized carbons (Fsp3) is 0.357. The fourth-order valence-electron chi connectivity index (χ4n) is 4.02. The van der Waals surface area contributed by atoms with Gasteiger partial charge in [-0.3, -0.25) is 9.59 Å². The van der Waals surface area contributed by atoms with Crippen molar-refractivity contribution in [1.82, 2.24) is 0 Å². The topological polar surface area (TPSA) is 81.4 Å². The van der Waals surface area contributed by atoms with Gasteiger partial charge >= 0.3 is 0 Å². The molecule has 176 valence electrons. The molecule has 0 spiro atoms. The zero-order valence-corrected chi connectivity index (χ0v) is 20.6. The third kappa shape index (κ3) is 7.63. The lowest BCUT2D eigenvalue weighted by Gasteiger charge is -2.32. The number of methoxy groups -OCH3 is 1. The maximum atomic E-state index is 12.4. The molecule has 0 aliphatic heterocycles. The van der Waals surface area contributed by atoms with Crippen LogP contribution >= 0.6 is 0 Å². The summed E-state index contributed by atoms with van der Waals surface area (Å²) < 4.78 is 5.16. The molecule has 3 N–H and O–H groups in total. The van der Waals surface area contributed by atoms with Crippen LogP contribution in [0.15, 0.2) is 76.9 Å². The number of nitrogens with one attached hydrogen (secondary N) is 1. The highest BCUT2D eigenvalue weighted by molar-refractivity contribution is 6.06. The Morgan fingerprint density at radius 3 is 2.52 bits per heavy atom. The number of allylic oxidation sites excluding steroid dienone is 9. The number of primary amides is 1. The minimum atomic E-state index is -0.621. The fourth-order valence-corrected chi connectivity index (χ4v) is 4.02. The normalized spacial score (nSPS) is 17.0. The lowest BCUT2D eigenvalue weighted by Crippen LogP contribution is -2.19. The average Bonchev–Trinajstić information content (AvgIpc) is 2.72. The van der Waals surface area contributed by atoms with Gasteiger partial charge < -0.3 is 15.8 Å². The first-order valence-corrected chi connectivity index (χ1v) is 11.2. The summed E-state index contributed by atoms with van der Waals surface area (Å²) in [6.07, 6.45) is 15.3. The van der Waals surface area contributed by atoms with E-state index < -0.39 is 5.91 Å². The lowest BCUT2D eigenvalue weighted by atomic mass is 9.72. The molecular formula is C28H36N2O3. The molecule has 1 aliphatic rings. The highest BCUT2D eigenvalue weighted by atomic mass is 16.5. The highest BCUT2D eigenvalue weighted by Crippen LogP contribution is 2.40. The van der Waals surface area contributed by atoms with Crippen molar-refractivity contribution in [2.75, 3.05) is 12.4 Å². The summed E-state index contributed by atoms with van der Waals surface area (Å²) in [6, 6.07) is 4.72.